The maximum atomic E-state index is 5.90. The molecule has 0 saturated heterocycles. The number of thioether (sulfide) groups is 1. The minimum Gasteiger partial charge on any atom is -0.398 e. The molecule has 6 heteroatoms. The molecular formula is C15H12ClN3OS. The molecule has 21 heavy (non-hydrogen) atoms. The summed E-state index contributed by atoms with van der Waals surface area (Å²) in [5.74, 6) is 1.70. The summed E-state index contributed by atoms with van der Waals surface area (Å²) in [6, 6.07) is 15.0. The summed E-state index contributed by atoms with van der Waals surface area (Å²) in [5, 5.41) is 4.66. The molecule has 0 aliphatic rings. The van der Waals surface area contributed by atoms with Gasteiger partial charge in [0.1, 0.15) is 0 Å². The number of nitrogens with zero attached hydrogens (tertiary/aromatic N) is 2. The van der Waals surface area contributed by atoms with E-state index in [0.717, 1.165) is 16.1 Å². The maximum absolute atomic E-state index is 5.90. The Balaban J connectivity index is 1.71. The van der Waals surface area contributed by atoms with E-state index in [-0.39, 0.29) is 0 Å². The van der Waals surface area contributed by atoms with Gasteiger partial charge in [0.05, 0.1) is 5.75 Å². The fraction of sp³-hybridized carbons (Fsp3) is 0.0667. The number of hydrogen-bond donors (Lipinski definition) is 1. The number of hydrogen-bond acceptors (Lipinski definition) is 5. The van der Waals surface area contributed by atoms with Crippen LogP contribution in [0.15, 0.2) is 57.9 Å². The van der Waals surface area contributed by atoms with Crippen molar-refractivity contribution in [1.29, 1.82) is 0 Å². The highest BCUT2D eigenvalue weighted by molar-refractivity contribution is 7.98. The van der Waals surface area contributed by atoms with Crippen LogP contribution in [-0.4, -0.2) is 10.1 Å². The predicted molar refractivity (Wildman–Crippen MR) is 85.2 cm³/mol. The fourth-order valence-corrected chi connectivity index (χ4v) is 2.71. The number of anilines is 1. The third-order valence-corrected chi connectivity index (χ3v) is 4.17. The van der Waals surface area contributed by atoms with Crippen molar-refractivity contribution in [3.63, 3.8) is 0 Å². The fourth-order valence-electron chi connectivity index (χ4n) is 1.78. The molecule has 1 aromatic heterocycles. The molecular weight excluding hydrogens is 306 g/mol. The predicted octanol–water partition coefficient (Wildman–Crippen LogP) is 4.26. The number of para-hydroxylation sites is 1. The molecule has 1 heterocycles. The molecule has 0 atom stereocenters. The molecule has 3 aromatic rings. The van der Waals surface area contributed by atoms with Gasteiger partial charge in [-0.1, -0.05) is 28.9 Å². The van der Waals surface area contributed by atoms with Crippen LogP contribution in [0, 0.1) is 0 Å². The molecule has 0 aliphatic heterocycles. The van der Waals surface area contributed by atoms with Crippen molar-refractivity contribution < 1.29 is 4.52 Å². The van der Waals surface area contributed by atoms with Crippen molar-refractivity contribution in [3.8, 4) is 11.4 Å². The van der Waals surface area contributed by atoms with Crippen molar-refractivity contribution in [3.05, 3.63) is 59.4 Å². The van der Waals surface area contributed by atoms with E-state index in [9.17, 15) is 0 Å². The van der Waals surface area contributed by atoms with Gasteiger partial charge in [-0.15, -0.1) is 11.8 Å². The van der Waals surface area contributed by atoms with E-state index in [1.54, 1.807) is 23.9 Å². The molecule has 0 spiro atoms. The summed E-state index contributed by atoms with van der Waals surface area (Å²) < 4.78 is 5.26. The van der Waals surface area contributed by atoms with E-state index >= 15 is 0 Å². The highest BCUT2D eigenvalue weighted by Gasteiger charge is 2.09. The van der Waals surface area contributed by atoms with Gasteiger partial charge in [-0.2, -0.15) is 4.98 Å². The van der Waals surface area contributed by atoms with Crippen LogP contribution in [0.25, 0.3) is 11.4 Å². The van der Waals surface area contributed by atoms with Crippen LogP contribution in [0.4, 0.5) is 5.69 Å². The first-order chi connectivity index (χ1) is 10.2. The van der Waals surface area contributed by atoms with Gasteiger partial charge in [-0.25, -0.2) is 0 Å². The molecule has 0 fully saturated rings. The second-order valence-electron chi connectivity index (χ2n) is 4.35. The van der Waals surface area contributed by atoms with Gasteiger partial charge in [0.25, 0.3) is 0 Å². The van der Waals surface area contributed by atoms with E-state index in [4.69, 9.17) is 21.9 Å². The molecule has 2 aromatic carbocycles. The van der Waals surface area contributed by atoms with Gasteiger partial charge in [-0.05, 0) is 36.4 Å². The quantitative estimate of drug-likeness (QED) is 0.575. The van der Waals surface area contributed by atoms with Gasteiger partial charge in [0.15, 0.2) is 0 Å². The van der Waals surface area contributed by atoms with E-state index in [2.05, 4.69) is 10.1 Å². The van der Waals surface area contributed by atoms with E-state index in [1.165, 1.54) is 0 Å². The first-order valence-corrected chi connectivity index (χ1v) is 7.64. The second kappa shape index (κ2) is 6.20. The van der Waals surface area contributed by atoms with Crippen LogP contribution in [0.2, 0.25) is 5.02 Å². The lowest BCUT2D eigenvalue weighted by molar-refractivity contribution is 0.391. The molecule has 0 aliphatic carbocycles. The van der Waals surface area contributed by atoms with Crippen LogP contribution in [0.3, 0.4) is 0 Å². The van der Waals surface area contributed by atoms with Gasteiger partial charge in [0.2, 0.25) is 11.7 Å². The number of nitrogens with two attached hydrogens (primary N) is 1. The van der Waals surface area contributed by atoms with E-state index in [1.807, 2.05) is 36.4 Å². The molecule has 2 N–H and O–H groups in total. The second-order valence-corrected chi connectivity index (χ2v) is 5.80. The first-order valence-electron chi connectivity index (χ1n) is 6.28. The Hall–Kier alpha value is -1.98. The van der Waals surface area contributed by atoms with E-state index < -0.39 is 0 Å². The topological polar surface area (TPSA) is 64.9 Å². The van der Waals surface area contributed by atoms with Crippen LogP contribution in [-0.2, 0) is 5.75 Å². The van der Waals surface area contributed by atoms with Crippen LogP contribution >= 0.6 is 23.4 Å². The Bertz CT molecular complexity index is 743. The molecule has 0 bridgehead atoms. The summed E-state index contributed by atoms with van der Waals surface area (Å²) in [7, 11) is 0. The number of nitrogen functional groups attached to an aromatic ring is 1. The number of aromatic nitrogens is 2. The summed E-state index contributed by atoms with van der Waals surface area (Å²) in [6.45, 7) is 0. The monoisotopic (exact) mass is 317 g/mol. The first kappa shape index (κ1) is 14.0. The standard InChI is InChI=1S/C15H12ClN3OS/c16-11-7-5-10(6-8-11)15-18-14(20-19-15)9-21-13-4-2-1-3-12(13)17/h1-8H,9,17H2. The van der Waals surface area contributed by atoms with Crippen molar-refractivity contribution in [2.45, 2.75) is 10.6 Å². The molecule has 106 valence electrons. The van der Waals surface area contributed by atoms with Crippen molar-refractivity contribution in [1.82, 2.24) is 10.1 Å². The highest BCUT2D eigenvalue weighted by Crippen LogP contribution is 2.28. The molecule has 3 rings (SSSR count). The Morgan fingerprint density at radius 3 is 2.62 bits per heavy atom. The number of rotatable bonds is 4. The lowest BCUT2D eigenvalue weighted by Gasteiger charge is -2.01. The minimum absolute atomic E-state index is 0.559. The van der Waals surface area contributed by atoms with Crippen LogP contribution < -0.4 is 5.73 Å². The minimum atomic E-state index is 0.559. The average Bonchev–Trinajstić information content (AvgIpc) is 2.96. The Morgan fingerprint density at radius 1 is 1.10 bits per heavy atom. The Kier molecular flexibility index (Phi) is 4.13. The molecule has 4 nitrogen and oxygen atoms in total. The zero-order valence-corrected chi connectivity index (χ0v) is 12.6. The van der Waals surface area contributed by atoms with E-state index in [0.29, 0.717) is 22.5 Å². The molecule has 0 saturated carbocycles. The molecule has 0 unspecified atom stereocenters. The summed E-state index contributed by atoms with van der Waals surface area (Å²) >= 11 is 7.43. The molecule has 0 amide bonds. The summed E-state index contributed by atoms with van der Waals surface area (Å²) in [5.41, 5.74) is 7.52. The lowest BCUT2D eigenvalue weighted by atomic mass is 10.2. The van der Waals surface area contributed by atoms with Gasteiger partial charge in [0, 0.05) is 21.2 Å². The molecule has 0 radical (unpaired) electrons. The lowest BCUT2D eigenvalue weighted by Crippen LogP contribution is -1.88. The maximum Gasteiger partial charge on any atom is 0.237 e. The van der Waals surface area contributed by atoms with Gasteiger partial charge in [-0.3, -0.25) is 0 Å². The number of halogens is 1. The van der Waals surface area contributed by atoms with Gasteiger partial charge >= 0.3 is 0 Å². The van der Waals surface area contributed by atoms with Gasteiger partial charge < -0.3 is 10.3 Å². The zero-order valence-electron chi connectivity index (χ0n) is 11.0. The van der Waals surface area contributed by atoms with Crippen LogP contribution in [0.5, 0.6) is 0 Å². The Morgan fingerprint density at radius 2 is 1.86 bits per heavy atom. The third kappa shape index (κ3) is 3.37. The SMILES string of the molecule is Nc1ccccc1SCc1nc(-c2ccc(Cl)cc2)no1. The van der Waals surface area contributed by atoms with Crippen molar-refractivity contribution in [2.75, 3.05) is 5.73 Å². The summed E-state index contributed by atoms with van der Waals surface area (Å²) in [6.07, 6.45) is 0. The summed E-state index contributed by atoms with van der Waals surface area (Å²) in [4.78, 5) is 5.38. The normalized spacial score (nSPS) is 10.7. The zero-order chi connectivity index (χ0) is 14.7. The third-order valence-electron chi connectivity index (χ3n) is 2.84. The average molecular weight is 318 g/mol. The number of benzene rings is 2. The van der Waals surface area contributed by atoms with Crippen molar-refractivity contribution in [2.24, 2.45) is 0 Å². The Labute approximate surface area is 131 Å². The largest absolute Gasteiger partial charge is 0.398 e. The smallest absolute Gasteiger partial charge is 0.237 e. The van der Waals surface area contributed by atoms with Crippen molar-refractivity contribution >= 4 is 29.1 Å². The van der Waals surface area contributed by atoms with Crippen LogP contribution in [0.1, 0.15) is 5.89 Å². The highest BCUT2D eigenvalue weighted by atomic mass is 35.5.